The molecule has 0 heterocycles. The zero-order chi connectivity index (χ0) is 26.6. The average molecular weight is 959 g/mol. The highest BCUT2D eigenvalue weighted by atomic mass is 79.9. The molecular weight excluding hydrogens is 936 g/mol. The molecule has 2 aromatic carbocycles. The van der Waals surface area contributed by atoms with Gasteiger partial charge in [0.25, 0.3) is 0 Å². The van der Waals surface area contributed by atoms with E-state index in [-0.39, 0.29) is 32.9 Å². The predicted molar refractivity (Wildman–Crippen MR) is 165 cm³/mol. The quantitative estimate of drug-likeness (QED) is 0.211. The molecule has 0 N–H and O–H groups in total. The Morgan fingerprint density at radius 3 is 1.51 bits per heavy atom. The van der Waals surface area contributed by atoms with E-state index in [0.29, 0.717) is 41.3 Å². The number of sulfone groups is 1. The van der Waals surface area contributed by atoms with Crippen LogP contribution < -0.4 is 9.47 Å². The first-order chi connectivity index (χ1) is 16.2. The predicted octanol–water partition coefficient (Wildman–Crippen LogP) is 9.06. The Labute approximate surface area is 265 Å². The Morgan fingerprint density at radius 2 is 1.17 bits per heavy atom. The molecule has 0 aliphatic rings. The van der Waals surface area contributed by atoms with Crippen molar-refractivity contribution in [3.05, 3.63) is 42.2 Å². The lowest BCUT2D eigenvalue weighted by molar-refractivity contribution is -0.0643. The van der Waals surface area contributed by atoms with Crippen molar-refractivity contribution in [1.29, 1.82) is 0 Å². The first-order valence-corrected chi connectivity index (χ1v) is 17.9. The Hall–Kier alpha value is 1.31. The average Bonchev–Trinajstić information content (AvgIpc) is 2.75. The summed E-state index contributed by atoms with van der Waals surface area (Å²) in [7, 11) is -3.84. The highest BCUT2D eigenvalue weighted by Crippen LogP contribution is 2.41. The van der Waals surface area contributed by atoms with Crippen LogP contribution in [0.5, 0.6) is 11.5 Å². The number of rotatable bonds is 11. The molecule has 196 valence electrons. The first kappa shape index (κ1) is 32.5. The Kier molecular flexibility index (Phi) is 13.1. The van der Waals surface area contributed by atoms with Crippen molar-refractivity contribution < 1.29 is 22.6 Å². The van der Waals surface area contributed by atoms with Gasteiger partial charge in [0.2, 0.25) is 9.84 Å². The molecule has 5 nitrogen and oxygen atoms in total. The van der Waals surface area contributed by atoms with Crippen LogP contribution in [-0.2, 0) is 14.6 Å². The molecule has 0 aliphatic heterocycles. The number of hydrogen-bond acceptors (Lipinski definition) is 5. The van der Waals surface area contributed by atoms with E-state index in [4.69, 9.17) is 14.2 Å². The van der Waals surface area contributed by atoms with Crippen LogP contribution in [0, 0.1) is 0 Å². The van der Waals surface area contributed by atoms with E-state index in [1.54, 1.807) is 0 Å². The molecule has 0 fully saturated rings. The maximum absolute atomic E-state index is 13.4. The minimum absolute atomic E-state index is 0.110. The van der Waals surface area contributed by atoms with Crippen LogP contribution in [0.25, 0.3) is 0 Å². The van der Waals surface area contributed by atoms with Crippen LogP contribution in [0.3, 0.4) is 0 Å². The van der Waals surface area contributed by atoms with Gasteiger partial charge in [0.05, 0.1) is 38.1 Å². The molecule has 2 atom stereocenters. The SMILES string of the molecule is CC(C)(C)OC(CBr)COc1c(Br)cc(S(=O)(=O)c2cc(Br)c(OCC(Br)CBr)c(Br)c2)cc1Br. The van der Waals surface area contributed by atoms with Crippen LogP contribution in [0.2, 0.25) is 0 Å². The number of hydrogen-bond donors (Lipinski definition) is 0. The minimum atomic E-state index is -3.84. The van der Waals surface area contributed by atoms with Gasteiger partial charge in [-0.1, -0.05) is 47.8 Å². The van der Waals surface area contributed by atoms with Gasteiger partial charge in [-0.05, 0) is 109 Å². The van der Waals surface area contributed by atoms with Crippen molar-refractivity contribution >= 4 is 121 Å². The number of halogens is 7. The van der Waals surface area contributed by atoms with Gasteiger partial charge < -0.3 is 14.2 Å². The summed E-state index contributed by atoms with van der Waals surface area (Å²) in [6.07, 6.45) is -0.179. The molecule has 2 rings (SSSR count). The fraction of sp³-hybridized carbons (Fsp3) is 0.455. The topological polar surface area (TPSA) is 61.8 Å². The first-order valence-electron chi connectivity index (χ1n) is 10.1. The lowest BCUT2D eigenvalue weighted by atomic mass is 10.2. The molecule has 35 heavy (non-hydrogen) atoms. The maximum atomic E-state index is 13.4. The second kappa shape index (κ2) is 14.1. The fourth-order valence-corrected chi connectivity index (χ4v) is 8.24. The van der Waals surface area contributed by atoms with Crippen LogP contribution in [0.15, 0.2) is 51.9 Å². The number of benzene rings is 2. The summed E-state index contributed by atoms with van der Waals surface area (Å²) in [5.41, 5.74) is -0.318. The summed E-state index contributed by atoms with van der Waals surface area (Å²) in [4.78, 5) is 0.341. The van der Waals surface area contributed by atoms with Gasteiger partial charge in [-0.15, -0.1) is 0 Å². The zero-order valence-electron chi connectivity index (χ0n) is 18.9. The van der Waals surface area contributed by atoms with Crippen molar-refractivity contribution in [3.63, 3.8) is 0 Å². The molecule has 0 spiro atoms. The van der Waals surface area contributed by atoms with Gasteiger partial charge in [0.1, 0.15) is 30.8 Å². The third-order valence-electron chi connectivity index (χ3n) is 4.25. The van der Waals surface area contributed by atoms with Crippen molar-refractivity contribution in [2.75, 3.05) is 23.9 Å². The summed E-state index contributed by atoms with van der Waals surface area (Å²) in [6, 6.07) is 6.12. The lowest BCUT2D eigenvalue weighted by Gasteiger charge is -2.26. The molecule has 13 heteroatoms. The molecule has 0 saturated heterocycles. The van der Waals surface area contributed by atoms with Crippen LogP contribution in [-0.4, -0.2) is 48.8 Å². The van der Waals surface area contributed by atoms with Gasteiger partial charge in [-0.2, -0.15) is 0 Å². The number of alkyl halides is 3. The van der Waals surface area contributed by atoms with E-state index in [1.807, 2.05) is 20.8 Å². The fourth-order valence-electron chi connectivity index (χ4n) is 2.80. The highest BCUT2D eigenvalue weighted by Gasteiger charge is 2.25. The van der Waals surface area contributed by atoms with E-state index >= 15 is 0 Å². The summed E-state index contributed by atoms with van der Waals surface area (Å²) in [5, 5.41) is 1.32. The highest BCUT2D eigenvalue weighted by molar-refractivity contribution is 9.12. The summed E-state index contributed by atoms with van der Waals surface area (Å²) >= 11 is 24.1. The van der Waals surface area contributed by atoms with Crippen molar-refractivity contribution in [2.24, 2.45) is 0 Å². The molecule has 0 bridgehead atoms. The van der Waals surface area contributed by atoms with E-state index in [9.17, 15) is 8.42 Å². The second-order valence-corrected chi connectivity index (χ2v) is 16.3. The summed E-state index contributed by atoms with van der Waals surface area (Å²) < 4.78 is 46.7. The molecule has 0 saturated carbocycles. The maximum Gasteiger partial charge on any atom is 0.206 e. The molecule has 0 amide bonds. The Balaban J connectivity index is 2.31. The molecular formula is C22H23Br7O5S. The monoisotopic (exact) mass is 952 g/mol. The minimum Gasteiger partial charge on any atom is -0.490 e. The van der Waals surface area contributed by atoms with Gasteiger partial charge in [0.15, 0.2) is 0 Å². The van der Waals surface area contributed by atoms with Crippen LogP contribution in [0.1, 0.15) is 20.8 Å². The molecule has 2 unspecified atom stereocenters. The third kappa shape index (κ3) is 9.47. The van der Waals surface area contributed by atoms with Gasteiger partial charge in [-0.25, -0.2) is 8.42 Å². The summed E-state index contributed by atoms with van der Waals surface area (Å²) in [6.45, 7) is 6.63. The molecule has 2 aromatic rings. The second-order valence-electron chi connectivity index (χ2n) is 8.32. The van der Waals surface area contributed by atoms with Crippen molar-refractivity contribution in [2.45, 2.75) is 47.1 Å². The van der Waals surface area contributed by atoms with E-state index < -0.39 is 9.84 Å². The molecule has 0 radical (unpaired) electrons. The van der Waals surface area contributed by atoms with Gasteiger partial charge in [0, 0.05) is 10.7 Å². The lowest BCUT2D eigenvalue weighted by Crippen LogP contribution is -2.32. The Bertz CT molecular complexity index is 1090. The van der Waals surface area contributed by atoms with Crippen molar-refractivity contribution in [1.82, 2.24) is 0 Å². The molecule has 0 aliphatic carbocycles. The largest absolute Gasteiger partial charge is 0.490 e. The normalized spacial score (nSPS) is 14.0. The molecule has 0 aromatic heterocycles. The number of ether oxygens (including phenoxy) is 3. The van der Waals surface area contributed by atoms with Gasteiger partial charge >= 0.3 is 0 Å². The van der Waals surface area contributed by atoms with Crippen molar-refractivity contribution in [3.8, 4) is 11.5 Å². The standard InChI is InChI=1S/C22H23Br7O5S/c1-22(2,3)34-13(9-24)11-33-21-18(28)6-15(7-19(21)29)35(30,31)14-4-16(26)20(17(27)5-14)32-10-12(25)8-23/h4-7,12-13H,8-11H2,1-3H3. The van der Waals surface area contributed by atoms with E-state index in [1.165, 1.54) is 24.3 Å². The third-order valence-corrected chi connectivity index (χ3v) is 11.3. The summed E-state index contributed by atoms with van der Waals surface area (Å²) in [5.74, 6) is 1.02. The Morgan fingerprint density at radius 1 is 0.771 bits per heavy atom. The van der Waals surface area contributed by atoms with E-state index in [2.05, 4.69) is 112 Å². The van der Waals surface area contributed by atoms with E-state index in [0.717, 1.165) is 5.33 Å². The van der Waals surface area contributed by atoms with Crippen LogP contribution in [0.4, 0.5) is 0 Å². The van der Waals surface area contributed by atoms with Crippen LogP contribution >= 0.6 is 112 Å². The smallest absolute Gasteiger partial charge is 0.206 e. The zero-order valence-corrected chi connectivity index (χ0v) is 30.8. The van der Waals surface area contributed by atoms with Gasteiger partial charge in [-0.3, -0.25) is 0 Å².